The highest BCUT2D eigenvalue weighted by atomic mass is 35.5. The molecule has 0 bridgehead atoms. The van der Waals surface area contributed by atoms with Crippen LogP contribution in [0.15, 0.2) is 48.8 Å². The van der Waals surface area contributed by atoms with Crippen molar-refractivity contribution in [3.05, 3.63) is 59.6 Å². The first-order valence-electron chi connectivity index (χ1n) is 7.55. The molecule has 4 aromatic rings. The van der Waals surface area contributed by atoms with E-state index in [1.807, 2.05) is 0 Å². The fourth-order valence-corrected chi connectivity index (χ4v) is 2.89. The van der Waals surface area contributed by atoms with Crippen molar-refractivity contribution in [2.24, 2.45) is 0 Å². The lowest BCUT2D eigenvalue weighted by molar-refractivity contribution is -0.274. The summed E-state index contributed by atoms with van der Waals surface area (Å²) in [4.78, 5) is 8.58. The van der Waals surface area contributed by atoms with Crippen LogP contribution in [0.4, 0.5) is 29.1 Å². The zero-order chi connectivity index (χ0) is 19.2. The first kappa shape index (κ1) is 17.3. The van der Waals surface area contributed by atoms with Gasteiger partial charge in [-0.05, 0) is 36.4 Å². The zero-order valence-electron chi connectivity index (χ0n) is 13.3. The third-order valence-electron chi connectivity index (χ3n) is 3.72. The molecule has 0 aliphatic carbocycles. The van der Waals surface area contributed by atoms with Crippen molar-refractivity contribution in [1.82, 2.24) is 14.4 Å². The van der Waals surface area contributed by atoms with Crippen molar-refractivity contribution in [3.8, 4) is 5.75 Å². The van der Waals surface area contributed by atoms with E-state index in [0.717, 1.165) is 0 Å². The molecule has 0 saturated carbocycles. The summed E-state index contributed by atoms with van der Waals surface area (Å²) < 4.78 is 55.9. The number of rotatable bonds is 3. The molecule has 0 aliphatic heterocycles. The van der Waals surface area contributed by atoms with Crippen LogP contribution in [-0.2, 0) is 0 Å². The summed E-state index contributed by atoms with van der Waals surface area (Å²) in [7, 11) is 0. The van der Waals surface area contributed by atoms with Crippen LogP contribution >= 0.6 is 11.6 Å². The summed E-state index contributed by atoms with van der Waals surface area (Å²) in [5.74, 6) is -0.589. The summed E-state index contributed by atoms with van der Waals surface area (Å²) >= 11 is 6.05. The first-order valence-corrected chi connectivity index (χ1v) is 7.93. The second kappa shape index (κ2) is 6.27. The Kier molecular flexibility index (Phi) is 4.03. The van der Waals surface area contributed by atoms with Crippen molar-refractivity contribution >= 4 is 39.8 Å². The van der Waals surface area contributed by atoms with Gasteiger partial charge in [-0.25, -0.2) is 14.4 Å². The molecule has 5 nitrogen and oxygen atoms in total. The van der Waals surface area contributed by atoms with Gasteiger partial charge >= 0.3 is 6.36 Å². The van der Waals surface area contributed by atoms with Crippen molar-refractivity contribution in [3.63, 3.8) is 0 Å². The number of hydrogen-bond donors (Lipinski definition) is 1. The minimum Gasteiger partial charge on any atom is -0.406 e. The Labute approximate surface area is 154 Å². The molecule has 4 rings (SSSR count). The Bertz CT molecular complexity index is 1140. The largest absolute Gasteiger partial charge is 0.573 e. The molecular formula is C17H9ClF4N4O. The SMILES string of the molecule is Fc1ccc2nc(Nc3ccc(OC(F)(F)F)cc3)c3nccn3c2c1Cl. The van der Waals surface area contributed by atoms with E-state index in [9.17, 15) is 17.6 Å². The lowest BCUT2D eigenvalue weighted by Crippen LogP contribution is -2.17. The van der Waals surface area contributed by atoms with Crippen molar-refractivity contribution in [1.29, 1.82) is 0 Å². The van der Waals surface area contributed by atoms with Gasteiger partial charge in [0.15, 0.2) is 11.5 Å². The van der Waals surface area contributed by atoms with Gasteiger partial charge in [0.25, 0.3) is 0 Å². The Morgan fingerprint density at radius 2 is 1.81 bits per heavy atom. The van der Waals surface area contributed by atoms with Crippen LogP contribution in [0.3, 0.4) is 0 Å². The number of alkyl halides is 3. The number of benzene rings is 2. The molecule has 0 spiro atoms. The number of halogens is 5. The molecule has 0 unspecified atom stereocenters. The molecule has 2 aromatic carbocycles. The Balaban J connectivity index is 1.74. The van der Waals surface area contributed by atoms with E-state index < -0.39 is 12.2 Å². The Hall–Kier alpha value is -3.07. The second-order valence-corrected chi connectivity index (χ2v) is 5.89. The molecule has 10 heteroatoms. The molecule has 1 N–H and O–H groups in total. The molecular weight excluding hydrogens is 388 g/mol. The number of anilines is 2. The van der Waals surface area contributed by atoms with E-state index in [1.54, 1.807) is 10.6 Å². The third kappa shape index (κ3) is 3.33. The molecule has 138 valence electrons. The van der Waals surface area contributed by atoms with Crippen LogP contribution < -0.4 is 10.1 Å². The number of nitrogens with one attached hydrogen (secondary N) is 1. The molecule has 0 aliphatic rings. The molecule has 27 heavy (non-hydrogen) atoms. The van der Waals surface area contributed by atoms with Gasteiger partial charge in [-0.1, -0.05) is 11.6 Å². The smallest absolute Gasteiger partial charge is 0.406 e. The summed E-state index contributed by atoms with van der Waals surface area (Å²) in [5, 5.41) is 2.90. The molecule has 2 aromatic heterocycles. The van der Waals surface area contributed by atoms with E-state index in [-0.39, 0.29) is 10.8 Å². The number of aromatic nitrogens is 3. The number of hydrogen-bond acceptors (Lipinski definition) is 4. The van der Waals surface area contributed by atoms with Gasteiger partial charge < -0.3 is 10.1 Å². The molecule has 0 amide bonds. The number of imidazole rings is 1. The maximum Gasteiger partial charge on any atom is 0.573 e. The standard InChI is InChI=1S/C17H9ClF4N4O/c18-13-11(19)5-6-12-14(13)26-8-7-23-16(26)15(25-12)24-9-1-3-10(4-2-9)27-17(20,21)22/h1-8H,(H,24,25). The highest BCUT2D eigenvalue weighted by Crippen LogP contribution is 2.30. The highest BCUT2D eigenvalue weighted by molar-refractivity contribution is 6.35. The van der Waals surface area contributed by atoms with Gasteiger partial charge in [-0.2, -0.15) is 0 Å². The quantitative estimate of drug-likeness (QED) is 0.476. The van der Waals surface area contributed by atoms with Crippen LogP contribution in [0.2, 0.25) is 5.02 Å². The van der Waals surface area contributed by atoms with Gasteiger partial charge in [0, 0.05) is 18.1 Å². The van der Waals surface area contributed by atoms with Crippen LogP contribution in [0.1, 0.15) is 0 Å². The Morgan fingerprint density at radius 1 is 1.07 bits per heavy atom. The summed E-state index contributed by atoms with van der Waals surface area (Å²) in [5.41, 5.74) is 1.63. The molecule has 0 fully saturated rings. The summed E-state index contributed by atoms with van der Waals surface area (Å²) in [6.07, 6.45) is -1.65. The van der Waals surface area contributed by atoms with E-state index in [2.05, 4.69) is 20.0 Å². The Morgan fingerprint density at radius 3 is 2.52 bits per heavy atom. The van der Waals surface area contributed by atoms with Crippen molar-refractivity contribution < 1.29 is 22.3 Å². The monoisotopic (exact) mass is 396 g/mol. The normalized spacial score (nSPS) is 11.9. The first-order chi connectivity index (χ1) is 12.8. The van der Waals surface area contributed by atoms with Gasteiger partial charge in [0.2, 0.25) is 0 Å². The predicted molar refractivity (Wildman–Crippen MR) is 91.9 cm³/mol. The van der Waals surface area contributed by atoms with Gasteiger partial charge in [0.1, 0.15) is 16.6 Å². The van der Waals surface area contributed by atoms with E-state index >= 15 is 0 Å². The lowest BCUT2D eigenvalue weighted by Gasteiger charge is -2.12. The van der Waals surface area contributed by atoms with Gasteiger partial charge in [-0.15, -0.1) is 13.2 Å². The van der Waals surface area contributed by atoms with Gasteiger partial charge in [-0.3, -0.25) is 4.40 Å². The minimum atomic E-state index is -4.76. The molecule has 2 heterocycles. The highest BCUT2D eigenvalue weighted by Gasteiger charge is 2.31. The van der Waals surface area contributed by atoms with Crippen LogP contribution in [0.25, 0.3) is 16.7 Å². The van der Waals surface area contributed by atoms with Crippen LogP contribution in [-0.4, -0.2) is 20.7 Å². The third-order valence-corrected chi connectivity index (χ3v) is 4.08. The maximum atomic E-state index is 13.8. The van der Waals surface area contributed by atoms with Crippen molar-refractivity contribution in [2.75, 3.05) is 5.32 Å². The van der Waals surface area contributed by atoms with Gasteiger partial charge in [0.05, 0.1) is 11.0 Å². The fraction of sp³-hybridized carbons (Fsp3) is 0.0588. The number of fused-ring (bicyclic) bond motifs is 3. The maximum absolute atomic E-state index is 13.8. The van der Waals surface area contributed by atoms with Crippen LogP contribution in [0.5, 0.6) is 5.75 Å². The summed E-state index contributed by atoms with van der Waals surface area (Å²) in [6.45, 7) is 0. The predicted octanol–water partition coefficient (Wildman–Crippen LogP) is 5.32. The van der Waals surface area contributed by atoms with Crippen molar-refractivity contribution in [2.45, 2.75) is 6.36 Å². The minimum absolute atomic E-state index is 0.0804. The summed E-state index contributed by atoms with van der Waals surface area (Å²) in [6, 6.07) is 7.83. The number of ether oxygens (including phenoxy) is 1. The van der Waals surface area contributed by atoms with E-state index in [4.69, 9.17) is 11.6 Å². The topological polar surface area (TPSA) is 51.5 Å². The average molecular weight is 397 g/mol. The fourth-order valence-electron chi connectivity index (χ4n) is 2.64. The second-order valence-electron chi connectivity index (χ2n) is 5.51. The zero-order valence-corrected chi connectivity index (χ0v) is 14.0. The lowest BCUT2D eigenvalue weighted by atomic mass is 10.2. The van der Waals surface area contributed by atoms with Crippen LogP contribution in [0, 0.1) is 5.82 Å². The van der Waals surface area contributed by atoms with E-state index in [0.29, 0.717) is 28.2 Å². The average Bonchev–Trinajstić information content (AvgIpc) is 3.08. The number of nitrogens with zero attached hydrogens (tertiary/aromatic N) is 3. The molecule has 0 radical (unpaired) electrons. The van der Waals surface area contributed by atoms with E-state index in [1.165, 1.54) is 42.6 Å². The molecule has 0 saturated heterocycles. The molecule has 0 atom stereocenters.